The van der Waals surface area contributed by atoms with Crippen molar-refractivity contribution in [3.05, 3.63) is 24.0 Å². The molecule has 6 heteroatoms. The normalized spacial score (nSPS) is 12.8. The van der Waals surface area contributed by atoms with Crippen LogP contribution in [0.25, 0.3) is 0 Å². The number of carbonyl (C=O) groups is 1. The lowest BCUT2D eigenvalue weighted by Gasteiger charge is -2.10. The number of amides is 1. The number of halogens is 2. The van der Waals surface area contributed by atoms with E-state index >= 15 is 0 Å². The molecule has 0 saturated heterocycles. The van der Waals surface area contributed by atoms with Crippen LogP contribution in [-0.2, 0) is 6.54 Å². The molecule has 1 amide bonds. The molecule has 0 aliphatic carbocycles. The van der Waals surface area contributed by atoms with Crippen LogP contribution in [0.4, 0.5) is 8.78 Å². The van der Waals surface area contributed by atoms with Crippen LogP contribution in [-0.4, -0.2) is 34.7 Å². The van der Waals surface area contributed by atoms with Crippen LogP contribution in [0, 0.1) is 0 Å². The van der Waals surface area contributed by atoms with E-state index in [1.165, 1.54) is 16.8 Å². The molecule has 96 valence electrons. The highest BCUT2D eigenvalue weighted by atomic mass is 19.3. The van der Waals surface area contributed by atoms with Gasteiger partial charge in [0, 0.05) is 12.7 Å². The van der Waals surface area contributed by atoms with Crippen LogP contribution >= 0.6 is 0 Å². The van der Waals surface area contributed by atoms with E-state index in [-0.39, 0.29) is 5.69 Å². The topological polar surface area (TPSA) is 54.3 Å². The van der Waals surface area contributed by atoms with Gasteiger partial charge in [0.15, 0.2) is 0 Å². The number of aromatic nitrogens is 1. The summed E-state index contributed by atoms with van der Waals surface area (Å²) in [6.45, 7) is 1.44. The molecule has 2 N–H and O–H groups in total. The molecular formula is C11H16F2N2O2. The highest BCUT2D eigenvalue weighted by Gasteiger charge is 2.13. The fraction of sp³-hybridized carbons (Fsp3) is 0.545. The predicted octanol–water partition coefficient (Wildman–Crippen LogP) is 1.25. The van der Waals surface area contributed by atoms with Gasteiger partial charge in [0.2, 0.25) is 0 Å². The van der Waals surface area contributed by atoms with Gasteiger partial charge in [0.1, 0.15) is 5.69 Å². The quantitative estimate of drug-likeness (QED) is 0.793. The second kappa shape index (κ2) is 6.34. The third kappa shape index (κ3) is 4.52. The third-order valence-corrected chi connectivity index (χ3v) is 2.24. The Bertz CT molecular complexity index is 364. The fourth-order valence-corrected chi connectivity index (χ4v) is 1.41. The summed E-state index contributed by atoms with van der Waals surface area (Å²) in [4.78, 5) is 11.6. The molecule has 0 saturated carbocycles. The number of hydrogen-bond acceptors (Lipinski definition) is 2. The van der Waals surface area contributed by atoms with E-state index < -0.39 is 25.0 Å². The molecule has 1 atom stereocenters. The van der Waals surface area contributed by atoms with E-state index in [4.69, 9.17) is 5.11 Å². The van der Waals surface area contributed by atoms with Crippen molar-refractivity contribution in [2.45, 2.75) is 32.4 Å². The Hall–Kier alpha value is -1.43. The van der Waals surface area contributed by atoms with Crippen LogP contribution < -0.4 is 5.32 Å². The Labute approximate surface area is 98.2 Å². The second-order valence-corrected chi connectivity index (χ2v) is 3.83. The van der Waals surface area contributed by atoms with Crippen molar-refractivity contribution in [2.24, 2.45) is 0 Å². The van der Waals surface area contributed by atoms with Gasteiger partial charge in [0.25, 0.3) is 12.3 Å². The van der Waals surface area contributed by atoms with Crippen molar-refractivity contribution in [1.29, 1.82) is 0 Å². The van der Waals surface area contributed by atoms with Crippen LogP contribution in [0.15, 0.2) is 18.3 Å². The molecule has 1 heterocycles. The Morgan fingerprint density at radius 1 is 1.59 bits per heavy atom. The molecular weight excluding hydrogens is 230 g/mol. The standard InChI is InChI=1S/C11H16F2N2O2/c1-8(16)4-5-14-11(17)9-3-2-6-15(9)7-10(12)13/h2-3,6,8,10,16H,4-5,7H2,1H3,(H,14,17). The molecule has 0 fully saturated rings. The minimum absolute atomic E-state index is 0.205. The van der Waals surface area contributed by atoms with Gasteiger partial charge in [-0.3, -0.25) is 4.79 Å². The van der Waals surface area contributed by atoms with Crippen LogP contribution in [0.1, 0.15) is 23.8 Å². The zero-order chi connectivity index (χ0) is 12.8. The van der Waals surface area contributed by atoms with Crippen LogP contribution in [0.5, 0.6) is 0 Å². The number of aliphatic hydroxyl groups excluding tert-OH is 1. The summed E-state index contributed by atoms with van der Waals surface area (Å²) in [5.41, 5.74) is 0.205. The van der Waals surface area contributed by atoms with Gasteiger partial charge < -0.3 is 15.0 Å². The number of aliphatic hydroxyl groups is 1. The van der Waals surface area contributed by atoms with Gasteiger partial charge in [-0.2, -0.15) is 0 Å². The maximum atomic E-state index is 12.2. The van der Waals surface area contributed by atoms with Gasteiger partial charge in [-0.25, -0.2) is 8.78 Å². The first-order valence-corrected chi connectivity index (χ1v) is 5.40. The van der Waals surface area contributed by atoms with E-state index in [1.54, 1.807) is 13.0 Å². The minimum Gasteiger partial charge on any atom is -0.393 e. The lowest BCUT2D eigenvalue weighted by molar-refractivity contribution is 0.0923. The molecule has 1 aromatic heterocycles. The van der Waals surface area contributed by atoms with Gasteiger partial charge in [0.05, 0.1) is 12.6 Å². The number of carbonyl (C=O) groups excluding carboxylic acids is 1. The maximum absolute atomic E-state index is 12.2. The number of nitrogens with one attached hydrogen (secondary N) is 1. The number of rotatable bonds is 6. The van der Waals surface area contributed by atoms with Gasteiger partial charge >= 0.3 is 0 Å². The minimum atomic E-state index is -2.49. The Morgan fingerprint density at radius 2 is 2.29 bits per heavy atom. The average Bonchev–Trinajstić information content (AvgIpc) is 2.64. The first kappa shape index (κ1) is 13.6. The summed E-state index contributed by atoms with van der Waals surface area (Å²) < 4.78 is 25.6. The zero-order valence-corrected chi connectivity index (χ0v) is 9.57. The molecule has 17 heavy (non-hydrogen) atoms. The Balaban J connectivity index is 2.53. The van der Waals surface area contributed by atoms with Crippen LogP contribution in [0.3, 0.4) is 0 Å². The summed E-state index contributed by atoms with van der Waals surface area (Å²) in [6, 6.07) is 3.03. The molecule has 0 aromatic carbocycles. The van der Waals surface area contributed by atoms with E-state index in [2.05, 4.69) is 5.32 Å². The largest absolute Gasteiger partial charge is 0.393 e. The average molecular weight is 246 g/mol. The smallest absolute Gasteiger partial charge is 0.267 e. The Kier molecular flexibility index (Phi) is 5.09. The number of alkyl halides is 2. The molecule has 0 bridgehead atoms. The molecule has 4 nitrogen and oxygen atoms in total. The summed E-state index contributed by atoms with van der Waals surface area (Å²) in [5.74, 6) is -0.406. The first-order valence-electron chi connectivity index (χ1n) is 5.40. The molecule has 1 rings (SSSR count). The molecule has 0 aliphatic heterocycles. The van der Waals surface area contributed by atoms with Crippen LogP contribution in [0.2, 0.25) is 0 Å². The van der Waals surface area contributed by atoms with E-state index in [1.807, 2.05) is 0 Å². The van der Waals surface area contributed by atoms with Gasteiger partial charge in [-0.05, 0) is 25.5 Å². The SMILES string of the molecule is CC(O)CCNC(=O)c1cccn1CC(F)F. The van der Waals surface area contributed by atoms with Crippen molar-refractivity contribution in [1.82, 2.24) is 9.88 Å². The molecule has 0 radical (unpaired) electrons. The lowest BCUT2D eigenvalue weighted by Crippen LogP contribution is -2.28. The number of hydrogen-bond donors (Lipinski definition) is 2. The fourth-order valence-electron chi connectivity index (χ4n) is 1.41. The lowest BCUT2D eigenvalue weighted by atomic mass is 10.3. The molecule has 1 unspecified atom stereocenters. The van der Waals surface area contributed by atoms with Crippen molar-refractivity contribution in [3.8, 4) is 0 Å². The van der Waals surface area contributed by atoms with E-state index in [9.17, 15) is 13.6 Å². The highest BCUT2D eigenvalue weighted by molar-refractivity contribution is 5.92. The third-order valence-electron chi connectivity index (χ3n) is 2.24. The highest BCUT2D eigenvalue weighted by Crippen LogP contribution is 2.06. The summed E-state index contributed by atoms with van der Waals surface area (Å²) in [6.07, 6.45) is -1.12. The maximum Gasteiger partial charge on any atom is 0.267 e. The van der Waals surface area contributed by atoms with E-state index in [0.29, 0.717) is 13.0 Å². The summed E-state index contributed by atoms with van der Waals surface area (Å²) >= 11 is 0. The number of nitrogens with zero attached hydrogens (tertiary/aromatic N) is 1. The second-order valence-electron chi connectivity index (χ2n) is 3.83. The van der Waals surface area contributed by atoms with Crippen molar-refractivity contribution < 1.29 is 18.7 Å². The first-order chi connectivity index (χ1) is 8.00. The van der Waals surface area contributed by atoms with Crippen molar-refractivity contribution in [2.75, 3.05) is 6.54 Å². The zero-order valence-electron chi connectivity index (χ0n) is 9.57. The predicted molar refractivity (Wildman–Crippen MR) is 59.1 cm³/mol. The van der Waals surface area contributed by atoms with Gasteiger partial charge in [-0.15, -0.1) is 0 Å². The summed E-state index contributed by atoms with van der Waals surface area (Å²) in [7, 11) is 0. The van der Waals surface area contributed by atoms with Crippen molar-refractivity contribution in [3.63, 3.8) is 0 Å². The van der Waals surface area contributed by atoms with E-state index in [0.717, 1.165) is 0 Å². The monoisotopic (exact) mass is 246 g/mol. The molecule has 0 spiro atoms. The molecule has 1 aromatic rings. The summed E-state index contributed by atoms with van der Waals surface area (Å²) in [5, 5.41) is 11.6. The van der Waals surface area contributed by atoms with Crippen molar-refractivity contribution >= 4 is 5.91 Å². The molecule has 0 aliphatic rings. The van der Waals surface area contributed by atoms with Gasteiger partial charge in [-0.1, -0.05) is 0 Å². The Morgan fingerprint density at radius 3 is 2.88 bits per heavy atom.